The lowest BCUT2D eigenvalue weighted by Gasteiger charge is -2.07. The smallest absolute Gasteiger partial charge is 0.255 e. The summed E-state index contributed by atoms with van der Waals surface area (Å²) in [5, 5.41) is 15.6. The number of carbonyl (C=O) groups is 1. The number of carbonyl (C=O) groups excluding carboxylic acids is 1. The van der Waals surface area contributed by atoms with Gasteiger partial charge in [0.2, 0.25) is 5.16 Å². The number of hydrogen-bond donors (Lipinski definition) is 1. The molecule has 0 aliphatic heterocycles. The van der Waals surface area contributed by atoms with Crippen LogP contribution in [0.15, 0.2) is 90.1 Å². The van der Waals surface area contributed by atoms with Crippen molar-refractivity contribution in [3.8, 4) is 5.69 Å². The van der Waals surface area contributed by atoms with Crippen molar-refractivity contribution in [2.75, 3.05) is 5.32 Å². The highest BCUT2D eigenvalue weighted by Crippen LogP contribution is 2.23. The molecular formula is C21H17N5OS. The van der Waals surface area contributed by atoms with E-state index < -0.39 is 0 Å². The monoisotopic (exact) mass is 387 g/mol. The van der Waals surface area contributed by atoms with Gasteiger partial charge in [-0.2, -0.15) is 4.68 Å². The van der Waals surface area contributed by atoms with Gasteiger partial charge in [-0.1, -0.05) is 60.3 Å². The zero-order valence-corrected chi connectivity index (χ0v) is 15.7. The first kappa shape index (κ1) is 17.9. The molecule has 3 aromatic carbocycles. The fourth-order valence-corrected chi connectivity index (χ4v) is 3.51. The molecule has 0 bridgehead atoms. The molecule has 1 aromatic heterocycles. The SMILES string of the molecule is O=C(Nc1ccccc1)c1cccc(CSc2nnnn2-c2ccccc2)c1. The molecule has 0 atom stereocenters. The van der Waals surface area contributed by atoms with Gasteiger partial charge < -0.3 is 5.32 Å². The van der Waals surface area contributed by atoms with Gasteiger partial charge in [-0.15, -0.1) is 5.10 Å². The number of thioether (sulfide) groups is 1. The van der Waals surface area contributed by atoms with Crippen LogP contribution in [0.5, 0.6) is 0 Å². The molecule has 0 unspecified atom stereocenters. The summed E-state index contributed by atoms with van der Waals surface area (Å²) in [6, 6.07) is 26.7. The van der Waals surface area contributed by atoms with Crippen molar-refractivity contribution >= 4 is 23.4 Å². The minimum atomic E-state index is -0.132. The van der Waals surface area contributed by atoms with E-state index >= 15 is 0 Å². The molecule has 4 rings (SSSR count). The summed E-state index contributed by atoms with van der Waals surface area (Å²) in [6.07, 6.45) is 0. The second-order valence-electron chi connectivity index (χ2n) is 6.02. The predicted molar refractivity (Wildman–Crippen MR) is 110 cm³/mol. The highest BCUT2D eigenvalue weighted by atomic mass is 32.2. The van der Waals surface area contributed by atoms with E-state index in [-0.39, 0.29) is 5.91 Å². The van der Waals surface area contributed by atoms with E-state index in [9.17, 15) is 4.79 Å². The third-order valence-electron chi connectivity index (χ3n) is 4.03. The number of nitrogens with one attached hydrogen (secondary N) is 1. The Balaban J connectivity index is 1.45. The fourth-order valence-electron chi connectivity index (χ4n) is 2.68. The summed E-state index contributed by atoms with van der Waals surface area (Å²) in [7, 11) is 0. The number of anilines is 1. The summed E-state index contributed by atoms with van der Waals surface area (Å²) >= 11 is 1.52. The molecule has 0 aliphatic carbocycles. The molecule has 138 valence electrons. The third kappa shape index (κ3) is 4.27. The summed E-state index contributed by atoms with van der Waals surface area (Å²) in [5.74, 6) is 0.520. The minimum absolute atomic E-state index is 0.132. The average molecular weight is 387 g/mol. The van der Waals surface area contributed by atoms with E-state index in [2.05, 4.69) is 20.8 Å². The Morgan fingerprint density at radius 1 is 0.929 bits per heavy atom. The number of amides is 1. The van der Waals surface area contributed by atoms with Crippen LogP contribution in [0.25, 0.3) is 5.69 Å². The van der Waals surface area contributed by atoms with E-state index in [1.807, 2.05) is 78.9 Å². The van der Waals surface area contributed by atoms with Crippen LogP contribution in [0.3, 0.4) is 0 Å². The molecule has 28 heavy (non-hydrogen) atoms. The lowest BCUT2D eigenvalue weighted by molar-refractivity contribution is 0.102. The van der Waals surface area contributed by atoms with Crippen molar-refractivity contribution in [3.05, 3.63) is 96.1 Å². The molecule has 7 heteroatoms. The predicted octanol–water partition coefficient (Wildman–Crippen LogP) is 4.21. The van der Waals surface area contributed by atoms with Crippen LogP contribution in [-0.2, 0) is 5.75 Å². The normalized spacial score (nSPS) is 10.6. The van der Waals surface area contributed by atoms with Gasteiger partial charge in [0.15, 0.2) is 0 Å². The first-order valence-corrected chi connectivity index (χ1v) is 9.70. The van der Waals surface area contributed by atoms with E-state index in [1.165, 1.54) is 11.8 Å². The molecule has 0 aliphatic rings. The van der Waals surface area contributed by atoms with Crippen LogP contribution >= 0.6 is 11.8 Å². The number of hydrogen-bond acceptors (Lipinski definition) is 5. The summed E-state index contributed by atoms with van der Waals surface area (Å²) in [5.41, 5.74) is 3.32. The lowest BCUT2D eigenvalue weighted by Crippen LogP contribution is -2.11. The standard InChI is InChI=1S/C21H17N5OS/c27-20(22-18-10-3-1-4-11-18)17-9-7-8-16(14-17)15-28-21-23-24-25-26(21)19-12-5-2-6-13-19/h1-14H,15H2,(H,22,27). The van der Waals surface area contributed by atoms with Gasteiger partial charge >= 0.3 is 0 Å². The summed E-state index contributed by atoms with van der Waals surface area (Å²) in [4.78, 5) is 12.5. The fraction of sp³-hybridized carbons (Fsp3) is 0.0476. The zero-order chi connectivity index (χ0) is 19.2. The van der Waals surface area contributed by atoms with Crippen LogP contribution in [0.2, 0.25) is 0 Å². The topological polar surface area (TPSA) is 72.7 Å². The molecule has 0 fully saturated rings. The molecular weight excluding hydrogens is 370 g/mol. The van der Waals surface area contributed by atoms with E-state index in [1.54, 1.807) is 10.7 Å². The molecule has 4 aromatic rings. The highest BCUT2D eigenvalue weighted by molar-refractivity contribution is 7.98. The molecule has 1 N–H and O–H groups in total. The van der Waals surface area contributed by atoms with Gasteiger partial charge in [0.1, 0.15) is 0 Å². The number of aromatic nitrogens is 4. The number of nitrogens with zero attached hydrogens (tertiary/aromatic N) is 4. The number of para-hydroxylation sites is 2. The highest BCUT2D eigenvalue weighted by Gasteiger charge is 2.11. The van der Waals surface area contributed by atoms with Crippen LogP contribution in [0.4, 0.5) is 5.69 Å². The molecule has 0 saturated carbocycles. The summed E-state index contributed by atoms with van der Waals surface area (Å²) < 4.78 is 1.70. The Kier molecular flexibility index (Phi) is 5.44. The average Bonchev–Trinajstić information content (AvgIpc) is 3.22. The number of rotatable bonds is 6. The maximum absolute atomic E-state index is 12.5. The Hall–Kier alpha value is -3.45. The first-order chi connectivity index (χ1) is 13.8. The van der Waals surface area contributed by atoms with Gasteiger partial charge in [0, 0.05) is 17.0 Å². The number of benzene rings is 3. The Morgan fingerprint density at radius 2 is 1.68 bits per heavy atom. The van der Waals surface area contributed by atoms with Gasteiger partial charge in [-0.05, 0) is 52.4 Å². The van der Waals surface area contributed by atoms with Gasteiger partial charge in [-0.25, -0.2) is 0 Å². The van der Waals surface area contributed by atoms with Crippen molar-refractivity contribution in [1.29, 1.82) is 0 Å². The molecule has 0 saturated heterocycles. The van der Waals surface area contributed by atoms with Crippen molar-refractivity contribution < 1.29 is 4.79 Å². The van der Waals surface area contributed by atoms with Crippen LogP contribution in [0.1, 0.15) is 15.9 Å². The van der Waals surface area contributed by atoms with Crippen molar-refractivity contribution in [2.24, 2.45) is 0 Å². The van der Waals surface area contributed by atoms with Crippen LogP contribution in [0, 0.1) is 0 Å². The van der Waals surface area contributed by atoms with Crippen molar-refractivity contribution in [2.45, 2.75) is 10.9 Å². The van der Waals surface area contributed by atoms with Gasteiger partial charge in [0.25, 0.3) is 5.91 Å². The Bertz CT molecular complexity index is 1070. The second kappa shape index (κ2) is 8.49. The van der Waals surface area contributed by atoms with E-state index in [0.29, 0.717) is 16.5 Å². The number of tetrazole rings is 1. The Morgan fingerprint density at radius 3 is 2.46 bits per heavy atom. The molecule has 1 heterocycles. The van der Waals surface area contributed by atoms with Crippen LogP contribution in [-0.4, -0.2) is 26.1 Å². The molecule has 0 spiro atoms. The Labute approximate surface area is 166 Å². The quantitative estimate of drug-likeness (QED) is 0.502. The lowest BCUT2D eigenvalue weighted by atomic mass is 10.1. The van der Waals surface area contributed by atoms with Crippen molar-refractivity contribution in [1.82, 2.24) is 20.2 Å². The minimum Gasteiger partial charge on any atom is -0.322 e. The molecule has 6 nitrogen and oxygen atoms in total. The van der Waals surface area contributed by atoms with Gasteiger partial charge in [0.05, 0.1) is 5.69 Å². The van der Waals surface area contributed by atoms with E-state index in [0.717, 1.165) is 16.9 Å². The summed E-state index contributed by atoms with van der Waals surface area (Å²) in [6.45, 7) is 0. The maximum Gasteiger partial charge on any atom is 0.255 e. The van der Waals surface area contributed by atoms with Crippen molar-refractivity contribution in [3.63, 3.8) is 0 Å². The molecule has 1 amide bonds. The van der Waals surface area contributed by atoms with E-state index in [4.69, 9.17) is 0 Å². The van der Waals surface area contributed by atoms with Crippen LogP contribution < -0.4 is 5.32 Å². The largest absolute Gasteiger partial charge is 0.322 e. The second-order valence-corrected chi connectivity index (χ2v) is 6.96. The van der Waals surface area contributed by atoms with Gasteiger partial charge in [-0.3, -0.25) is 4.79 Å². The first-order valence-electron chi connectivity index (χ1n) is 8.71. The maximum atomic E-state index is 12.5. The molecule has 0 radical (unpaired) electrons. The zero-order valence-electron chi connectivity index (χ0n) is 14.9. The third-order valence-corrected chi connectivity index (χ3v) is 5.02.